The number of carbonyl (C=O) groups excluding carboxylic acids is 1. The fourth-order valence-corrected chi connectivity index (χ4v) is 2.38. The number of halogens is 3. The third kappa shape index (κ3) is 3.86. The van der Waals surface area contributed by atoms with Crippen LogP contribution < -0.4 is 10.6 Å². The summed E-state index contributed by atoms with van der Waals surface area (Å²) in [6.45, 7) is 3.44. The molecular formula is C15H20F3N7O. The number of anilines is 3. The molecule has 2 N–H and O–H groups in total. The Kier molecular flexibility index (Phi) is 5.38. The lowest BCUT2D eigenvalue weighted by atomic mass is 10.3. The monoisotopic (exact) mass is 371 g/mol. The number of aromatic nitrogens is 4. The molecule has 0 spiro atoms. The van der Waals surface area contributed by atoms with Crippen LogP contribution in [0.2, 0.25) is 0 Å². The van der Waals surface area contributed by atoms with Crippen molar-refractivity contribution in [3.8, 4) is 0 Å². The first-order valence-electron chi connectivity index (χ1n) is 7.70. The molecule has 8 nitrogen and oxygen atoms in total. The van der Waals surface area contributed by atoms with Gasteiger partial charge in [0, 0.05) is 27.3 Å². The predicted molar refractivity (Wildman–Crippen MR) is 90.2 cm³/mol. The summed E-state index contributed by atoms with van der Waals surface area (Å²) in [6.07, 6.45) is -2.38. The van der Waals surface area contributed by atoms with E-state index >= 15 is 0 Å². The summed E-state index contributed by atoms with van der Waals surface area (Å²) < 4.78 is 40.2. The fraction of sp³-hybridized carbons (Fsp3) is 0.467. The highest BCUT2D eigenvalue weighted by atomic mass is 19.4. The molecule has 2 heterocycles. The van der Waals surface area contributed by atoms with E-state index in [1.165, 1.54) is 22.8 Å². The van der Waals surface area contributed by atoms with E-state index in [0.29, 0.717) is 17.6 Å². The smallest absolute Gasteiger partial charge is 0.372 e. The molecule has 0 radical (unpaired) electrons. The van der Waals surface area contributed by atoms with Gasteiger partial charge in [0.05, 0.1) is 17.6 Å². The standard InChI is InChI=1S/C15H20F3N7O/c1-8-11(7-21-25(8)9(2)13(26)24(4)5)22-14-20-6-10(15(16,17)18)12(19-3)23-14/h6-7,9H,1-5H3,(H2,19,20,22,23)/t9-/m1/s1. The summed E-state index contributed by atoms with van der Waals surface area (Å²) in [6, 6.07) is -0.526. The quantitative estimate of drug-likeness (QED) is 0.839. The normalized spacial score (nSPS) is 12.6. The van der Waals surface area contributed by atoms with Crippen LogP contribution in [0.1, 0.15) is 24.2 Å². The maximum atomic E-state index is 12.9. The van der Waals surface area contributed by atoms with Crippen LogP contribution in [0, 0.1) is 6.92 Å². The summed E-state index contributed by atoms with van der Waals surface area (Å²) in [5.74, 6) is -0.487. The molecule has 0 fully saturated rings. The number of alkyl halides is 3. The number of amides is 1. The van der Waals surface area contributed by atoms with Gasteiger partial charge in [-0.2, -0.15) is 23.3 Å². The molecule has 0 aliphatic heterocycles. The molecule has 26 heavy (non-hydrogen) atoms. The van der Waals surface area contributed by atoms with Gasteiger partial charge in [0.1, 0.15) is 17.4 Å². The third-order valence-electron chi connectivity index (χ3n) is 3.79. The zero-order chi connectivity index (χ0) is 19.6. The van der Waals surface area contributed by atoms with Crippen molar-refractivity contribution in [1.29, 1.82) is 0 Å². The number of nitrogens with one attached hydrogen (secondary N) is 2. The number of nitrogens with zero attached hydrogens (tertiary/aromatic N) is 5. The molecular weight excluding hydrogens is 351 g/mol. The van der Waals surface area contributed by atoms with Gasteiger partial charge < -0.3 is 15.5 Å². The van der Waals surface area contributed by atoms with Gasteiger partial charge in [-0.25, -0.2) is 4.98 Å². The molecule has 1 amide bonds. The number of likely N-dealkylation sites (N-methyl/N-ethyl adjacent to an activating group) is 1. The van der Waals surface area contributed by atoms with Crippen molar-refractivity contribution in [2.75, 3.05) is 31.8 Å². The van der Waals surface area contributed by atoms with Gasteiger partial charge in [0.25, 0.3) is 0 Å². The van der Waals surface area contributed by atoms with Gasteiger partial charge in [-0.3, -0.25) is 9.48 Å². The minimum atomic E-state index is -4.56. The molecule has 0 unspecified atom stereocenters. The Hall–Kier alpha value is -2.85. The van der Waals surface area contributed by atoms with E-state index in [1.807, 2.05) is 0 Å². The van der Waals surface area contributed by atoms with Crippen LogP contribution in [0.15, 0.2) is 12.4 Å². The molecule has 0 aromatic carbocycles. The summed E-state index contributed by atoms with van der Waals surface area (Å²) in [5.41, 5.74) is 0.163. The van der Waals surface area contributed by atoms with Gasteiger partial charge in [-0.1, -0.05) is 0 Å². The highest BCUT2D eigenvalue weighted by molar-refractivity contribution is 5.79. The van der Waals surface area contributed by atoms with Crippen molar-refractivity contribution >= 4 is 23.4 Å². The van der Waals surface area contributed by atoms with Crippen molar-refractivity contribution < 1.29 is 18.0 Å². The first kappa shape index (κ1) is 19.5. The van der Waals surface area contributed by atoms with Crippen molar-refractivity contribution in [2.24, 2.45) is 0 Å². The van der Waals surface area contributed by atoms with Crippen LogP contribution in [-0.4, -0.2) is 51.7 Å². The van der Waals surface area contributed by atoms with Gasteiger partial charge in [0.15, 0.2) is 0 Å². The molecule has 2 aromatic rings. The predicted octanol–water partition coefficient (Wildman–Crippen LogP) is 2.43. The van der Waals surface area contributed by atoms with Crippen LogP contribution in [0.4, 0.5) is 30.6 Å². The lowest BCUT2D eigenvalue weighted by molar-refractivity contribution is -0.137. The summed E-state index contributed by atoms with van der Waals surface area (Å²) >= 11 is 0. The second kappa shape index (κ2) is 7.18. The van der Waals surface area contributed by atoms with Crippen LogP contribution >= 0.6 is 0 Å². The van der Waals surface area contributed by atoms with Gasteiger partial charge in [0.2, 0.25) is 11.9 Å². The van der Waals surface area contributed by atoms with E-state index in [2.05, 4.69) is 25.7 Å². The van der Waals surface area contributed by atoms with E-state index in [-0.39, 0.29) is 17.7 Å². The Balaban J connectivity index is 2.29. The number of rotatable bonds is 5. The van der Waals surface area contributed by atoms with E-state index in [0.717, 1.165) is 0 Å². The molecule has 0 bridgehead atoms. The van der Waals surface area contributed by atoms with Crippen molar-refractivity contribution in [3.63, 3.8) is 0 Å². The largest absolute Gasteiger partial charge is 0.421 e. The number of hydrogen-bond acceptors (Lipinski definition) is 6. The highest BCUT2D eigenvalue weighted by Crippen LogP contribution is 2.34. The van der Waals surface area contributed by atoms with Crippen LogP contribution in [0.25, 0.3) is 0 Å². The molecule has 1 atom stereocenters. The Bertz CT molecular complexity index is 801. The van der Waals surface area contributed by atoms with E-state index in [1.54, 1.807) is 27.9 Å². The fourth-order valence-electron chi connectivity index (χ4n) is 2.38. The summed E-state index contributed by atoms with van der Waals surface area (Å²) in [5, 5.41) is 9.41. The van der Waals surface area contributed by atoms with E-state index < -0.39 is 17.8 Å². The first-order chi connectivity index (χ1) is 12.1. The summed E-state index contributed by atoms with van der Waals surface area (Å²) in [7, 11) is 4.64. The highest BCUT2D eigenvalue weighted by Gasteiger charge is 2.35. The zero-order valence-corrected chi connectivity index (χ0v) is 15.0. The SMILES string of the molecule is CNc1nc(Nc2cnn([C@H](C)C(=O)N(C)C)c2C)ncc1C(F)(F)F. The summed E-state index contributed by atoms with van der Waals surface area (Å²) in [4.78, 5) is 21.1. The Morgan fingerprint density at radius 3 is 2.50 bits per heavy atom. The second-order valence-electron chi connectivity index (χ2n) is 5.83. The molecule has 2 rings (SSSR count). The second-order valence-corrected chi connectivity index (χ2v) is 5.83. The number of hydrogen-bond donors (Lipinski definition) is 2. The number of carbonyl (C=O) groups is 1. The van der Waals surface area contributed by atoms with E-state index in [4.69, 9.17) is 0 Å². The lowest BCUT2D eigenvalue weighted by Gasteiger charge is -2.18. The van der Waals surface area contributed by atoms with Crippen LogP contribution in [0.5, 0.6) is 0 Å². The Morgan fingerprint density at radius 1 is 1.31 bits per heavy atom. The van der Waals surface area contributed by atoms with Crippen molar-refractivity contribution in [2.45, 2.75) is 26.1 Å². The van der Waals surface area contributed by atoms with Gasteiger partial charge in [-0.05, 0) is 13.8 Å². The molecule has 0 aliphatic carbocycles. The molecule has 0 aliphatic rings. The Labute approximate surface area is 148 Å². The van der Waals surface area contributed by atoms with Crippen LogP contribution in [0.3, 0.4) is 0 Å². The minimum absolute atomic E-state index is 0.0170. The topological polar surface area (TPSA) is 88.0 Å². The molecule has 0 saturated carbocycles. The Morgan fingerprint density at radius 2 is 1.96 bits per heavy atom. The van der Waals surface area contributed by atoms with Crippen LogP contribution in [-0.2, 0) is 11.0 Å². The maximum Gasteiger partial charge on any atom is 0.421 e. The molecule has 0 saturated heterocycles. The zero-order valence-electron chi connectivity index (χ0n) is 15.0. The van der Waals surface area contributed by atoms with Gasteiger partial charge >= 0.3 is 6.18 Å². The third-order valence-corrected chi connectivity index (χ3v) is 3.79. The van der Waals surface area contributed by atoms with Crippen molar-refractivity contribution in [3.05, 3.63) is 23.7 Å². The average Bonchev–Trinajstić information content (AvgIpc) is 2.93. The minimum Gasteiger partial charge on any atom is -0.372 e. The van der Waals surface area contributed by atoms with E-state index in [9.17, 15) is 18.0 Å². The maximum absolute atomic E-state index is 12.9. The first-order valence-corrected chi connectivity index (χ1v) is 7.70. The van der Waals surface area contributed by atoms with Crippen molar-refractivity contribution in [1.82, 2.24) is 24.6 Å². The molecule has 2 aromatic heterocycles. The van der Waals surface area contributed by atoms with Gasteiger partial charge in [-0.15, -0.1) is 0 Å². The molecule has 142 valence electrons. The average molecular weight is 371 g/mol. The molecule has 11 heteroatoms. The lowest BCUT2D eigenvalue weighted by Crippen LogP contribution is -2.30.